The molecule has 7 heteroatoms. The van der Waals surface area contributed by atoms with Crippen molar-refractivity contribution in [3.63, 3.8) is 0 Å². The number of hydrogen-bond donors (Lipinski definition) is 2. The molecule has 100 valence electrons. The molecule has 0 aliphatic rings. The summed E-state index contributed by atoms with van der Waals surface area (Å²) in [7, 11) is -3.73. The Morgan fingerprint density at radius 1 is 1.32 bits per heavy atom. The van der Waals surface area contributed by atoms with Gasteiger partial charge in [-0.15, -0.1) is 0 Å². The van der Waals surface area contributed by atoms with Gasteiger partial charge in [0.25, 0.3) is 10.0 Å². The van der Waals surface area contributed by atoms with Crippen LogP contribution in [0.3, 0.4) is 0 Å². The van der Waals surface area contributed by atoms with E-state index in [0.717, 1.165) is 5.56 Å². The summed E-state index contributed by atoms with van der Waals surface area (Å²) in [6.07, 6.45) is 3.06. The zero-order valence-corrected chi connectivity index (χ0v) is 12.5. The number of pyridine rings is 1. The van der Waals surface area contributed by atoms with Gasteiger partial charge in [-0.2, -0.15) is 0 Å². The first-order chi connectivity index (χ1) is 8.90. The van der Waals surface area contributed by atoms with Crippen LogP contribution in [0.15, 0.2) is 46.0 Å². The van der Waals surface area contributed by atoms with Crippen LogP contribution in [0.2, 0.25) is 0 Å². The van der Waals surface area contributed by atoms with E-state index in [2.05, 4.69) is 25.6 Å². The molecule has 0 aliphatic carbocycles. The van der Waals surface area contributed by atoms with Gasteiger partial charge in [-0.1, -0.05) is 15.9 Å². The molecule has 0 saturated heterocycles. The Bertz CT molecular complexity index is 717. The van der Waals surface area contributed by atoms with Crippen molar-refractivity contribution in [3.8, 4) is 0 Å². The van der Waals surface area contributed by atoms with Gasteiger partial charge in [0.1, 0.15) is 4.90 Å². The van der Waals surface area contributed by atoms with E-state index in [1.165, 1.54) is 18.3 Å². The average molecular weight is 342 g/mol. The summed E-state index contributed by atoms with van der Waals surface area (Å²) in [5.41, 5.74) is 7.12. The molecule has 2 aromatic rings. The van der Waals surface area contributed by atoms with Gasteiger partial charge in [-0.05, 0) is 36.8 Å². The molecule has 0 fully saturated rings. The Hall–Kier alpha value is -1.60. The fraction of sp³-hybridized carbons (Fsp3) is 0.0833. The van der Waals surface area contributed by atoms with Crippen molar-refractivity contribution in [3.05, 3.63) is 46.7 Å². The molecular weight excluding hydrogens is 330 g/mol. The Labute approximate surface area is 120 Å². The minimum atomic E-state index is -3.73. The lowest BCUT2D eigenvalue weighted by molar-refractivity contribution is 0.601. The van der Waals surface area contributed by atoms with Crippen molar-refractivity contribution in [2.75, 3.05) is 10.5 Å². The van der Waals surface area contributed by atoms with Crippen molar-refractivity contribution in [1.29, 1.82) is 0 Å². The van der Waals surface area contributed by atoms with Gasteiger partial charge in [0.15, 0.2) is 0 Å². The van der Waals surface area contributed by atoms with Crippen LogP contribution in [0.25, 0.3) is 0 Å². The first-order valence-corrected chi connectivity index (χ1v) is 7.66. The number of aromatic nitrogens is 1. The van der Waals surface area contributed by atoms with E-state index in [9.17, 15) is 8.42 Å². The predicted molar refractivity (Wildman–Crippen MR) is 78.3 cm³/mol. The third-order valence-electron chi connectivity index (χ3n) is 2.55. The Morgan fingerprint density at radius 2 is 2.05 bits per heavy atom. The number of sulfonamides is 1. The maximum absolute atomic E-state index is 12.3. The number of nitrogen functional groups attached to an aromatic ring is 1. The average Bonchev–Trinajstić information content (AvgIpc) is 2.35. The molecule has 1 heterocycles. The third kappa shape index (κ3) is 3.05. The highest BCUT2D eigenvalue weighted by molar-refractivity contribution is 9.10. The van der Waals surface area contributed by atoms with Crippen LogP contribution < -0.4 is 10.5 Å². The summed E-state index contributed by atoms with van der Waals surface area (Å²) >= 11 is 3.23. The first kappa shape index (κ1) is 13.8. The molecule has 0 saturated carbocycles. The molecule has 0 amide bonds. The Kier molecular flexibility index (Phi) is 3.77. The molecule has 1 aromatic heterocycles. The van der Waals surface area contributed by atoms with Crippen molar-refractivity contribution in [2.24, 2.45) is 0 Å². The Morgan fingerprint density at radius 3 is 2.74 bits per heavy atom. The summed E-state index contributed by atoms with van der Waals surface area (Å²) in [6, 6.07) is 6.41. The van der Waals surface area contributed by atoms with E-state index in [0.29, 0.717) is 10.2 Å². The van der Waals surface area contributed by atoms with Gasteiger partial charge in [0, 0.05) is 10.7 Å². The molecule has 1 aromatic carbocycles. The highest BCUT2D eigenvalue weighted by Crippen LogP contribution is 2.25. The zero-order valence-electron chi connectivity index (χ0n) is 10.1. The second-order valence-corrected chi connectivity index (χ2v) is 6.54. The fourth-order valence-electron chi connectivity index (χ4n) is 1.51. The van der Waals surface area contributed by atoms with Crippen molar-refractivity contribution in [2.45, 2.75) is 11.8 Å². The monoisotopic (exact) mass is 341 g/mol. The van der Waals surface area contributed by atoms with Crippen LogP contribution in [-0.4, -0.2) is 13.4 Å². The second kappa shape index (κ2) is 5.18. The fourth-order valence-corrected chi connectivity index (χ4v) is 3.30. The number of anilines is 2. The third-order valence-corrected chi connectivity index (χ3v) is 4.46. The molecule has 2 rings (SSSR count). The summed E-state index contributed by atoms with van der Waals surface area (Å²) < 4.78 is 27.7. The lowest BCUT2D eigenvalue weighted by Gasteiger charge is -2.11. The number of aryl methyl sites for hydroxylation is 1. The van der Waals surface area contributed by atoms with Crippen molar-refractivity contribution in [1.82, 2.24) is 4.98 Å². The van der Waals surface area contributed by atoms with Crippen LogP contribution >= 0.6 is 15.9 Å². The van der Waals surface area contributed by atoms with Crippen LogP contribution in [0.4, 0.5) is 11.4 Å². The van der Waals surface area contributed by atoms with Gasteiger partial charge in [-0.3, -0.25) is 9.71 Å². The quantitative estimate of drug-likeness (QED) is 0.840. The summed E-state index contributed by atoms with van der Waals surface area (Å²) in [6.45, 7) is 1.80. The minimum Gasteiger partial charge on any atom is -0.398 e. The molecule has 0 bridgehead atoms. The lowest BCUT2D eigenvalue weighted by Crippen LogP contribution is -2.15. The standard InChI is InChI=1S/C12H12BrN3O2S/c1-8-4-5-15-7-11(8)16-19(17,18)12-6-9(13)2-3-10(12)14/h2-7,16H,14H2,1H3. The summed E-state index contributed by atoms with van der Waals surface area (Å²) in [5.74, 6) is 0. The lowest BCUT2D eigenvalue weighted by atomic mass is 10.3. The zero-order chi connectivity index (χ0) is 14.0. The highest BCUT2D eigenvalue weighted by Gasteiger charge is 2.18. The maximum Gasteiger partial charge on any atom is 0.264 e. The number of benzene rings is 1. The first-order valence-electron chi connectivity index (χ1n) is 5.38. The van der Waals surface area contributed by atoms with E-state index in [1.54, 1.807) is 25.3 Å². The topological polar surface area (TPSA) is 85.1 Å². The number of nitrogens with zero attached hydrogens (tertiary/aromatic N) is 1. The van der Waals surface area contributed by atoms with E-state index in [1.807, 2.05) is 0 Å². The molecule has 0 unspecified atom stereocenters. The molecule has 19 heavy (non-hydrogen) atoms. The highest BCUT2D eigenvalue weighted by atomic mass is 79.9. The second-order valence-electron chi connectivity index (χ2n) is 3.98. The van der Waals surface area contributed by atoms with Crippen LogP contribution in [-0.2, 0) is 10.0 Å². The Balaban J connectivity index is 2.44. The molecule has 3 N–H and O–H groups in total. The van der Waals surface area contributed by atoms with Crippen LogP contribution in [0.5, 0.6) is 0 Å². The largest absolute Gasteiger partial charge is 0.398 e. The molecule has 0 spiro atoms. The molecular formula is C12H12BrN3O2S. The van der Waals surface area contributed by atoms with Crippen molar-refractivity contribution >= 4 is 37.3 Å². The van der Waals surface area contributed by atoms with E-state index < -0.39 is 10.0 Å². The SMILES string of the molecule is Cc1ccncc1NS(=O)(=O)c1cc(Br)ccc1N. The van der Waals surface area contributed by atoms with Crippen LogP contribution in [0.1, 0.15) is 5.56 Å². The smallest absolute Gasteiger partial charge is 0.264 e. The van der Waals surface area contributed by atoms with E-state index >= 15 is 0 Å². The summed E-state index contributed by atoms with van der Waals surface area (Å²) in [4.78, 5) is 3.93. The van der Waals surface area contributed by atoms with Crippen LogP contribution in [0, 0.1) is 6.92 Å². The maximum atomic E-state index is 12.3. The predicted octanol–water partition coefficient (Wildman–Crippen LogP) is 2.54. The number of nitrogens with one attached hydrogen (secondary N) is 1. The molecule has 0 radical (unpaired) electrons. The van der Waals surface area contributed by atoms with Gasteiger partial charge in [0.2, 0.25) is 0 Å². The number of halogens is 1. The van der Waals surface area contributed by atoms with Gasteiger partial charge >= 0.3 is 0 Å². The molecule has 5 nitrogen and oxygen atoms in total. The van der Waals surface area contributed by atoms with E-state index in [-0.39, 0.29) is 10.6 Å². The molecule has 0 atom stereocenters. The van der Waals surface area contributed by atoms with Gasteiger partial charge in [0.05, 0.1) is 17.6 Å². The number of rotatable bonds is 3. The number of hydrogen-bond acceptors (Lipinski definition) is 4. The minimum absolute atomic E-state index is 0.0325. The number of nitrogens with two attached hydrogens (primary N) is 1. The summed E-state index contributed by atoms with van der Waals surface area (Å²) in [5, 5.41) is 0. The molecule has 0 aliphatic heterocycles. The van der Waals surface area contributed by atoms with Gasteiger partial charge < -0.3 is 5.73 Å². The van der Waals surface area contributed by atoms with Gasteiger partial charge in [-0.25, -0.2) is 8.42 Å². The van der Waals surface area contributed by atoms with E-state index in [4.69, 9.17) is 5.73 Å². The van der Waals surface area contributed by atoms with Crippen molar-refractivity contribution < 1.29 is 8.42 Å². The normalized spacial score (nSPS) is 11.3.